The van der Waals surface area contributed by atoms with Gasteiger partial charge in [0.25, 0.3) is 0 Å². The zero-order valence-electron chi connectivity index (χ0n) is 30.1. The second kappa shape index (κ2) is 12.3. The van der Waals surface area contributed by atoms with E-state index in [0.29, 0.717) is 11.3 Å². The topological polar surface area (TPSA) is 38.0 Å². The minimum absolute atomic E-state index is 0.507. The van der Waals surface area contributed by atoms with Crippen LogP contribution in [0.4, 0.5) is 5.69 Å². The third-order valence-corrected chi connectivity index (χ3v) is 11.4. The van der Waals surface area contributed by atoms with E-state index >= 15 is 0 Å². The smallest absolute Gasteiger partial charge is 0.195 e. The van der Waals surface area contributed by atoms with E-state index in [4.69, 9.17) is 6.57 Å². The van der Waals surface area contributed by atoms with Crippen LogP contribution in [0.1, 0.15) is 5.56 Å². The van der Waals surface area contributed by atoms with Gasteiger partial charge in [-0.25, -0.2) is 4.85 Å². The molecule has 11 rings (SSSR count). The van der Waals surface area contributed by atoms with Crippen LogP contribution in [-0.2, 0) is 0 Å². The largest absolute Gasteiger partial charge is 0.309 e. The molecule has 0 N–H and O–H groups in total. The summed E-state index contributed by atoms with van der Waals surface area (Å²) >= 11 is 0. The molecule has 2 aromatic heterocycles. The van der Waals surface area contributed by atoms with Crippen molar-refractivity contribution in [1.82, 2.24) is 9.13 Å². The molecular weight excluding hydrogens is 681 g/mol. The minimum Gasteiger partial charge on any atom is -0.309 e. The van der Waals surface area contributed by atoms with Crippen molar-refractivity contribution < 1.29 is 0 Å². The van der Waals surface area contributed by atoms with Gasteiger partial charge >= 0.3 is 0 Å². The molecule has 258 valence electrons. The van der Waals surface area contributed by atoms with Gasteiger partial charge in [0.15, 0.2) is 5.69 Å². The van der Waals surface area contributed by atoms with Gasteiger partial charge in [0.2, 0.25) is 0 Å². The predicted molar refractivity (Wildman–Crippen MR) is 232 cm³/mol. The molecular formula is C52H30N4. The number of aromatic nitrogens is 2. The average Bonchev–Trinajstić information content (AvgIpc) is 3.80. The van der Waals surface area contributed by atoms with Crippen LogP contribution in [0.3, 0.4) is 0 Å². The van der Waals surface area contributed by atoms with E-state index in [0.717, 1.165) is 44.7 Å². The van der Waals surface area contributed by atoms with Crippen LogP contribution in [0.5, 0.6) is 0 Å². The molecule has 0 radical (unpaired) electrons. The van der Waals surface area contributed by atoms with Gasteiger partial charge in [0.1, 0.15) is 0 Å². The molecule has 0 saturated heterocycles. The van der Waals surface area contributed by atoms with E-state index < -0.39 is 0 Å². The Labute approximate surface area is 322 Å². The highest BCUT2D eigenvalue weighted by atomic mass is 15.0. The summed E-state index contributed by atoms with van der Waals surface area (Å²) in [5.41, 5.74) is 11.0. The van der Waals surface area contributed by atoms with Crippen LogP contribution in [0.15, 0.2) is 182 Å². The zero-order valence-corrected chi connectivity index (χ0v) is 30.1. The second-order valence-electron chi connectivity index (χ2n) is 14.3. The van der Waals surface area contributed by atoms with Crippen LogP contribution in [-0.4, -0.2) is 9.13 Å². The Balaban J connectivity index is 1.00. The third kappa shape index (κ3) is 4.64. The Morgan fingerprint density at radius 3 is 1.36 bits per heavy atom. The highest BCUT2D eigenvalue weighted by molar-refractivity contribution is 6.19. The molecule has 0 aliphatic carbocycles. The van der Waals surface area contributed by atoms with Crippen LogP contribution >= 0.6 is 0 Å². The summed E-state index contributed by atoms with van der Waals surface area (Å²) in [5, 5.41) is 20.1. The molecule has 11 aromatic rings. The highest BCUT2D eigenvalue weighted by Crippen LogP contribution is 2.41. The lowest BCUT2D eigenvalue weighted by atomic mass is 9.93. The molecule has 4 heteroatoms. The van der Waals surface area contributed by atoms with E-state index in [1.807, 2.05) is 12.1 Å². The van der Waals surface area contributed by atoms with E-state index in [9.17, 15) is 5.26 Å². The molecule has 0 unspecified atom stereocenters. The van der Waals surface area contributed by atoms with Crippen molar-refractivity contribution in [2.45, 2.75) is 0 Å². The molecule has 0 atom stereocenters. The Morgan fingerprint density at radius 2 is 0.875 bits per heavy atom. The van der Waals surface area contributed by atoms with Crippen LogP contribution in [0.25, 0.3) is 104 Å². The van der Waals surface area contributed by atoms with Crippen molar-refractivity contribution in [1.29, 1.82) is 5.26 Å². The Kier molecular flexibility index (Phi) is 6.95. The lowest BCUT2D eigenvalue weighted by Crippen LogP contribution is -1.95. The summed E-state index contributed by atoms with van der Waals surface area (Å²) in [6, 6.07) is 65.8. The normalized spacial score (nSPS) is 11.5. The van der Waals surface area contributed by atoms with Crippen molar-refractivity contribution in [2.24, 2.45) is 0 Å². The van der Waals surface area contributed by atoms with Gasteiger partial charge in [-0.2, -0.15) is 5.26 Å². The zero-order chi connectivity index (χ0) is 37.3. The average molecular weight is 711 g/mol. The maximum Gasteiger partial charge on any atom is 0.195 e. The third-order valence-electron chi connectivity index (χ3n) is 11.4. The maximum absolute atomic E-state index is 10.5. The molecule has 56 heavy (non-hydrogen) atoms. The molecule has 0 saturated carbocycles. The van der Waals surface area contributed by atoms with Gasteiger partial charge in [-0.05, 0) is 81.6 Å². The highest BCUT2D eigenvalue weighted by Gasteiger charge is 2.18. The van der Waals surface area contributed by atoms with Gasteiger partial charge in [0.05, 0.1) is 40.3 Å². The van der Waals surface area contributed by atoms with Gasteiger partial charge < -0.3 is 9.13 Å². The first-order valence-electron chi connectivity index (χ1n) is 18.7. The van der Waals surface area contributed by atoms with Crippen molar-refractivity contribution in [3.05, 3.63) is 199 Å². The summed E-state index contributed by atoms with van der Waals surface area (Å²) in [6.45, 7) is 8.22. The molecule has 0 amide bonds. The fourth-order valence-electron chi connectivity index (χ4n) is 8.82. The first-order chi connectivity index (χ1) is 27.7. The molecule has 9 aromatic carbocycles. The molecule has 0 fully saturated rings. The fourth-order valence-corrected chi connectivity index (χ4v) is 8.82. The number of fused-ring (bicyclic) bond motifs is 10. The predicted octanol–water partition coefficient (Wildman–Crippen LogP) is 13.9. The molecule has 2 heterocycles. The van der Waals surface area contributed by atoms with Gasteiger partial charge in [-0.3, -0.25) is 0 Å². The molecule has 0 aliphatic heterocycles. The SMILES string of the molecule is [C-]#[N+]c1cc(-c2ccc(-n3c4ccccc4c4ccc5ccccc5c43)cc2)c(C#N)cc1-c1ccc(-n2c3ccccc3c3ccc4ccccc4c32)cc1. The van der Waals surface area contributed by atoms with Crippen molar-refractivity contribution >= 4 is 70.8 Å². The van der Waals surface area contributed by atoms with E-state index in [2.05, 4.69) is 190 Å². The van der Waals surface area contributed by atoms with E-state index in [-0.39, 0.29) is 0 Å². The fraction of sp³-hybridized carbons (Fsp3) is 0. The summed E-state index contributed by atoms with van der Waals surface area (Å²) in [4.78, 5) is 3.98. The summed E-state index contributed by atoms with van der Waals surface area (Å²) in [7, 11) is 0. The Bertz CT molecular complexity index is 3240. The van der Waals surface area contributed by atoms with Gasteiger partial charge in [-0.15, -0.1) is 0 Å². The number of hydrogen-bond donors (Lipinski definition) is 0. The molecule has 0 bridgehead atoms. The lowest BCUT2D eigenvalue weighted by molar-refractivity contribution is 1.19. The number of nitrogens with zero attached hydrogens (tertiary/aromatic N) is 4. The lowest BCUT2D eigenvalue weighted by Gasteiger charge is -2.14. The number of rotatable bonds is 4. The minimum atomic E-state index is 0.507. The molecule has 4 nitrogen and oxygen atoms in total. The molecule has 0 aliphatic rings. The maximum atomic E-state index is 10.5. The second-order valence-corrected chi connectivity index (χ2v) is 14.3. The number of benzene rings is 9. The van der Waals surface area contributed by atoms with Gasteiger partial charge in [-0.1, -0.05) is 133 Å². The first-order valence-corrected chi connectivity index (χ1v) is 18.7. The first kappa shape index (κ1) is 31.6. The van der Waals surface area contributed by atoms with Crippen molar-refractivity contribution in [2.75, 3.05) is 0 Å². The van der Waals surface area contributed by atoms with Crippen LogP contribution in [0.2, 0.25) is 0 Å². The Hall–Kier alpha value is -7.92. The quantitative estimate of drug-likeness (QED) is 0.168. The summed E-state index contributed by atoms with van der Waals surface area (Å²) in [5.74, 6) is 0. The summed E-state index contributed by atoms with van der Waals surface area (Å²) < 4.78 is 4.67. The monoisotopic (exact) mass is 710 g/mol. The standard InChI is InChI=1S/C52H30N4/c1-54-48-31-46(35-18-24-38(25-19-35)55-49-16-8-6-14-42(49)44-28-22-33-10-2-4-12-40(33)51(44)55)37(32-53)30-47(48)36-20-26-39(27-21-36)56-50-17-9-7-15-43(50)45-29-23-34-11-3-5-13-41(34)52(45)56/h2-31H. The van der Waals surface area contributed by atoms with E-state index in [1.54, 1.807) is 0 Å². The van der Waals surface area contributed by atoms with Crippen molar-refractivity contribution in [3.8, 4) is 39.7 Å². The van der Waals surface area contributed by atoms with Crippen LogP contribution in [0, 0.1) is 17.9 Å². The van der Waals surface area contributed by atoms with Crippen molar-refractivity contribution in [3.63, 3.8) is 0 Å². The Morgan fingerprint density at radius 1 is 0.429 bits per heavy atom. The van der Waals surface area contributed by atoms with E-state index in [1.165, 1.54) is 54.1 Å². The summed E-state index contributed by atoms with van der Waals surface area (Å²) in [6.07, 6.45) is 0. The number of para-hydroxylation sites is 2. The number of hydrogen-bond acceptors (Lipinski definition) is 1. The molecule has 0 spiro atoms. The number of nitriles is 1. The van der Waals surface area contributed by atoms with Crippen LogP contribution < -0.4 is 0 Å². The van der Waals surface area contributed by atoms with Gasteiger partial charge in [0, 0.05) is 43.7 Å².